The summed E-state index contributed by atoms with van der Waals surface area (Å²) < 4.78 is 4.33. The Morgan fingerprint density at radius 1 is 1.04 bits per heavy atom. The van der Waals surface area contributed by atoms with Gasteiger partial charge in [-0.2, -0.15) is 0 Å². The van der Waals surface area contributed by atoms with Gasteiger partial charge in [-0.3, -0.25) is 4.79 Å². The summed E-state index contributed by atoms with van der Waals surface area (Å²) in [5.41, 5.74) is 3.39. The van der Waals surface area contributed by atoms with Crippen molar-refractivity contribution >= 4 is 16.8 Å². The van der Waals surface area contributed by atoms with Crippen LogP contribution in [-0.4, -0.2) is 10.4 Å². The van der Waals surface area contributed by atoms with Crippen LogP contribution in [0.3, 0.4) is 0 Å². The smallest absolute Gasteiger partial charge is 0.290 e. The number of para-hydroxylation sites is 2. The first-order valence-corrected chi connectivity index (χ1v) is 8.26. The molecular formula is C20H23BrN2O. The summed E-state index contributed by atoms with van der Waals surface area (Å²) in [5.74, 6) is 1.38. The molecular weight excluding hydrogens is 364 g/mol. The third-order valence-electron chi connectivity index (χ3n) is 4.28. The van der Waals surface area contributed by atoms with E-state index in [1.54, 1.807) is 0 Å². The van der Waals surface area contributed by atoms with Crippen LogP contribution in [0.25, 0.3) is 22.4 Å². The van der Waals surface area contributed by atoms with Crippen LogP contribution in [0.1, 0.15) is 26.2 Å². The normalized spacial score (nSPS) is 10.6. The lowest BCUT2D eigenvalue weighted by molar-refractivity contribution is -0.634. The van der Waals surface area contributed by atoms with Crippen molar-refractivity contribution in [1.29, 1.82) is 0 Å². The molecule has 0 amide bonds. The number of rotatable bonds is 6. The summed E-state index contributed by atoms with van der Waals surface area (Å²) >= 11 is 0. The Morgan fingerprint density at radius 3 is 2.42 bits per heavy atom. The second-order valence-corrected chi connectivity index (χ2v) is 5.97. The van der Waals surface area contributed by atoms with E-state index in [0.29, 0.717) is 18.7 Å². The van der Waals surface area contributed by atoms with Crippen LogP contribution in [0, 0.1) is 0 Å². The fourth-order valence-corrected chi connectivity index (χ4v) is 3.11. The number of hydrogen-bond donors (Lipinski definition) is 0. The molecule has 1 heterocycles. The maximum absolute atomic E-state index is 12.4. The number of aromatic nitrogens is 2. The summed E-state index contributed by atoms with van der Waals surface area (Å²) in [4.78, 5) is 12.4. The lowest BCUT2D eigenvalue weighted by Crippen LogP contribution is -3.00. The Morgan fingerprint density at radius 2 is 1.71 bits per heavy atom. The Balaban J connectivity index is 0.00000208. The largest absolute Gasteiger partial charge is 1.00 e. The first-order chi connectivity index (χ1) is 11.2. The van der Waals surface area contributed by atoms with Gasteiger partial charge in [-0.05, 0) is 30.7 Å². The molecule has 3 nitrogen and oxygen atoms in total. The fraction of sp³-hybridized carbons (Fsp3) is 0.300. The Kier molecular flexibility index (Phi) is 6.32. The average molecular weight is 387 g/mol. The van der Waals surface area contributed by atoms with E-state index in [2.05, 4.69) is 47.4 Å². The monoisotopic (exact) mass is 386 g/mol. The number of aryl methyl sites for hydroxylation is 1. The van der Waals surface area contributed by atoms with Crippen molar-refractivity contribution in [2.24, 2.45) is 7.05 Å². The van der Waals surface area contributed by atoms with Gasteiger partial charge in [0.25, 0.3) is 5.82 Å². The highest BCUT2D eigenvalue weighted by molar-refractivity contribution is 5.83. The SMILES string of the molecule is CCCCC(=O)Cn1c(-c2ccccc2)[n+](C)c2ccccc21.[Br-]. The van der Waals surface area contributed by atoms with Crippen LogP contribution >= 0.6 is 0 Å². The fourth-order valence-electron chi connectivity index (χ4n) is 3.11. The first-order valence-electron chi connectivity index (χ1n) is 8.26. The molecule has 0 unspecified atom stereocenters. The van der Waals surface area contributed by atoms with Gasteiger partial charge in [0.2, 0.25) is 0 Å². The highest BCUT2D eigenvalue weighted by Crippen LogP contribution is 2.23. The number of carbonyl (C=O) groups is 1. The Labute approximate surface area is 153 Å². The molecule has 0 bridgehead atoms. The molecule has 0 fully saturated rings. The molecule has 0 aliphatic rings. The van der Waals surface area contributed by atoms with Crippen molar-refractivity contribution in [2.75, 3.05) is 0 Å². The van der Waals surface area contributed by atoms with E-state index in [4.69, 9.17) is 0 Å². The van der Waals surface area contributed by atoms with E-state index < -0.39 is 0 Å². The van der Waals surface area contributed by atoms with Crippen LogP contribution < -0.4 is 21.5 Å². The lowest BCUT2D eigenvalue weighted by atomic mass is 10.1. The average Bonchev–Trinajstić information content (AvgIpc) is 2.86. The molecule has 0 N–H and O–H groups in total. The topological polar surface area (TPSA) is 25.9 Å². The zero-order valence-corrected chi connectivity index (χ0v) is 15.8. The first kappa shape index (κ1) is 18.4. The number of unbranched alkanes of at least 4 members (excludes halogenated alkanes) is 1. The number of halogens is 1. The molecule has 0 atom stereocenters. The molecule has 0 saturated carbocycles. The Hall–Kier alpha value is -1.94. The van der Waals surface area contributed by atoms with Gasteiger partial charge < -0.3 is 17.0 Å². The Bertz CT molecular complexity index is 824. The van der Waals surface area contributed by atoms with Crippen LogP contribution in [-0.2, 0) is 18.4 Å². The number of hydrogen-bond acceptors (Lipinski definition) is 1. The number of fused-ring (bicyclic) bond motifs is 1. The van der Waals surface area contributed by atoms with Crippen molar-refractivity contribution in [3.05, 3.63) is 54.6 Å². The number of ketones is 1. The minimum atomic E-state index is 0. The van der Waals surface area contributed by atoms with Gasteiger partial charge in [0.05, 0.1) is 12.6 Å². The number of Topliss-reactive ketones (excluding diaryl/α,β-unsaturated/α-hetero) is 1. The van der Waals surface area contributed by atoms with Crippen molar-refractivity contribution in [3.63, 3.8) is 0 Å². The third kappa shape index (κ3) is 3.59. The quantitative estimate of drug-likeness (QED) is 0.577. The molecule has 126 valence electrons. The van der Waals surface area contributed by atoms with E-state index in [0.717, 1.165) is 35.3 Å². The van der Waals surface area contributed by atoms with E-state index in [1.807, 2.05) is 30.3 Å². The van der Waals surface area contributed by atoms with E-state index in [-0.39, 0.29) is 17.0 Å². The van der Waals surface area contributed by atoms with Crippen molar-refractivity contribution in [3.8, 4) is 11.4 Å². The summed E-state index contributed by atoms with van der Waals surface area (Å²) in [7, 11) is 2.07. The molecule has 24 heavy (non-hydrogen) atoms. The highest BCUT2D eigenvalue weighted by Gasteiger charge is 2.25. The molecule has 1 aromatic heterocycles. The van der Waals surface area contributed by atoms with Gasteiger partial charge in [-0.15, -0.1) is 0 Å². The van der Waals surface area contributed by atoms with Crippen molar-refractivity contribution < 1.29 is 26.3 Å². The summed E-state index contributed by atoms with van der Waals surface area (Å²) in [6, 6.07) is 18.6. The maximum Gasteiger partial charge on any atom is 0.290 e. The second-order valence-electron chi connectivity index (χ2n) is 5.97. The minimum absolute atomic E-state index is 0. The number of benzene rings is 2. The molecule has 3 aromatic rings. The number of imidazole rings is 1. The van der Waals surface area contributed by atoms with Crippen LogP contribution in [0.4, 0.5) is 0 Å². The highest BCUT2D eigenvalue weighted by atomic mass is 79.9. The predicted octanol–water partition coefficient (Wildman–Crippen LogP) is 0.896. The van der Waals surface area contributed by atoms with Gasteiger partial charge >= 0.3 is 0 Å². The molecule has 0 radical (unpaired) electrons. The molecule has 2 aromatic carbocycles. The number of carbonyl (C=O) groups excluding carboxylic acids is 1. The zero-order chi connectivity index (χ0) is 16.2. The van der Waals surface area contributed by atoms with E-state index >= 15 is 0 Å². The summed E-state index contributed by atoms with van der Waals surface area (Å²) in [5, 5.41) is 0. The van der Waals surface area contributed by atoms with Crippen molar-refractivity contribution in [1.82, 2.24) is 4.57 Å². The number of nitrogens with zero attached hydrogens (tertiary/aromatic N) is 2. The molecule has 0 aliphatic carbocycles. The second kappa shape index (κ2) is 8.25. The standard InChI is InChI=1S/C20H23N2O.BrH/c1-3-4-12-17(23)15-22-19-14-9-8-13-18(19)21(2)20(22)16-10-6-5-7-11-16;/h5-11,13-14H,3-4,12,15H2,1-2H3;1H/q+1;/p-1. The lowest BCUT2D eigenvalue weighted by Gasteiger charge is -2.03. The predicted molar refractivity (Wildman–Crippen MR) is 93.1 cm³/mol. The summed E-state index contributed by atoms with van der Waals surface area (Å²) in [6.07, 6.45) is 2.67. The van der Waals surface area contributed by atoms with Gasteiger partial charge in [-0.1, -0.05) is 43.7 Å². The van der Waals surface area contributed by atoms with E-state index in [1.165, 1.54) is 0 Å². The van der Waals surface area contributed by atoms with Gasteiger partial charge in [0, 0.05) is 6.42 Å². The zero-order valence-electron chi connectivity index (χ0n) is 14.2. The van der Waals surface area contributed by atoms with Gasteiger partial charge in [0.1, 0.15) is 6.54 Å². The molecule has 3 rings (SSSR count). The molecule has 0 spiro atoms. The van der Waals surface area contributed by atoms with E-state index in [9.17, 15) is 4.79 Å². The molecule has 4 heteroatoms. The van der Waals surface area contributed by atoms with Crippen LogP contribution in [0.15, 0.2) is 54.6 Å². The van der Waals surface area contributed by atoms with Gasteiger partial charge in [-0.25, -0.2) is 9.13 Å². The van der Waals surface area contributed by atoms with Crippen molar-refractivity contribution in [2.45, 2.75) is 32.7 Å². The minimum Gasteiger partial charge on any atom is -1.00 e. The van der Waals surface area contributed by atoms with Crippen LogP contribution in [0.2, 0.25) is 0 Å². The van der Waals surface area contributed by atoms with Gasteiger partial charge in [0.15, 0.2) is 16.8 Å². The maximum atomic E-state index is 12.4. The van der Waals surface area contributed by atoms with Crippen LogP contribution in [0.5, 0.6) is 0 Å². The third-order valence-corrected chi connectivity index (χ3v) is 4.28. The molecule has 0 saturated heterocycles. The summed E-state index contributed by atoms with van der Waals surface area (Å²) in [6.45, 7) is 2.55. The molecule has 0 aliphatic heterocycles.